The van der Waals surface area contributed by atoms with Crippen molar-refractivity contribution < 1.29 is 0 Å². The maximum absolute atomic E-state index is 2.41. The molecule has 0 saturated heterocycles. The van der Waals surface area contributed by atoms with Crippen LogP contribution in [0.4, 0.5) is 0 Å². The van der Waals surface area contributed by atoms with Crippen LogP contribution in [0, 0.1) is 33.5 Å². The molecule has 0 heterocycles. The van der Waals surface area contributed by atoms with Gasteiger partial charge in [0.15, 0.2) is 0 Å². The molecule has 0 aliphatic carbocycles. The SMILES string of the molecule is CC(C)(C)C(C(C(C)(C)C)C(C)(C)C)C(C)(C)C. The molecule has 0 N–H and O–H groups in total. The molecule has 0 bridgehead atoms. The molecule has 0 atom stereocenters. The third-order valence-corrected chi connectivity index (χ3v) is 4.07. The fraction of sp³-hybridized carbons (Fsp3) is 1.00. The summed E-state index contributed by atoms with van der Waals surface area (Å²) in [5, 5.41) is 0. The predicted molar refractivity (Wildman–Crippen MR) is 84.8 cm³/mol. The van der Waals surface area contributed by atoms with Crippen LogP contribution in [0.5, 0.6) is 0 Å². The van der Waals surface area contributed by atoms with Crippen molar-refractivity contribution in [2.75, 3.05) is 0 Å². The van der Waals surface area contributed by atoms with Crippen LogP contribution in [-0.2, 0) is 0 Å². The summed E-state index contributed by atoms with van der Waals surface area (Å²) in [5.74, 6) is 1.40. The van der Waals surface area contributed by atoms with E-state index in [-0.39, 0.29) is 0 Å². The van der Waals surface area contributed by atoms with E-state index in [0.717, 1.165) is 0 Å². The highest BCUT2D eigenvalue weighted by atomic mass is 14.5. The van der Waals surface area contributed by atoms with Crippen molar-refractivity contribution in [3.8, 4) is 0 Å². The summed E-state index contributed by atoms with van der Waals surface area (Å²) in [6.07, 6.45) is 0. The number of rotatable bonds is 1. The van der Waals surface area contributed by atoms with Gasteiger partial charge in [-0.1, -0.05) is 83.1 Å². The maximum Gasteiger partial charge on any atom is -0.0278 e. The molecule has 0 fully saturated rings. The van der Waals surface area contributed by atoms with Gasteiger partial charge in [-0.3, -0.25) is 0 Å². The zero-order valence-electron chi connectivity index (χ0n) is 15.2. The summed E-state index contributed by atoms with van der Waals surface area (Å²) in [6, 6.07) is 0. The van der Waals surface area contributed by atoms with Crippen molar-refractivity contribution in [3.63, 3.8) is 0 Å². The highest BCUT2D eigenvalue weighted by Crippen LogP contribution is 2.56. The van der Waals surface area contributed by atoms with E-state index in [9.17, 15) is 0 Å². The zero-order chi connectivity index (χ0) is 15.2. The molecule has 0 aliphatic heterocycles. The topological polar surface area (TPSA) is 0 Å². The van der Waals surface area contributed by atoms with Gasteiger partial charge in [-0.2, -0.15) is 0 Å². The van der Waals surface area contributed by atoms with Gasteiger partial charge in [-0.25, -0.2) is 0 Å². The lowest BCUT2D eigenvalue weighted by Crippen LogP contribution is -2.48. The third-order valence-electron chi connectivity index (χ3n) is 4.07. The summed E-state index contributed by atoms with van der Waals surface area (Å²) < 4.78 is 0. The van der Waals surface area contributed by atoms with Crippen LogP contribution >= 0.6 is 0 Å². The van der Waals surface area contributed by atoms with Gasteiger partial charge in [0, 0.05) is 0 Å². The van der Waals surface area contributed by atoms with Gasteiger partial charge in [0.05, 0.1) is 0 Å². The van der Waals surface area contributed by atoms with Crippen LogP contribution in [0.1, 0.15) is 83.1 Å². The van der Waals surface area contributed by atoms with Crippen molar-refractivity contribution >= 4 is 0 Å². The molecule has 0 amide bonds. The monoisotopic (exact) mass is 254 g/mol. The first-order chi connectivity index (χ1) is 7.49. The van der Waals surface area contributed by atoms with Gasteiger partial charge in [-0.05, 0) is 33.5 Å². The average molecular weight is 255 g/mol. The van der Waals surface area contributed by atoms with E-state index >= 15 is 0 Å². The Balaban J connectivity index is 5.84. The van der Waals surface area contributed by atoms with Crippen molar-refractivity contribution in [3.05, 3.63) is 0 Å². The molecule has 0 rings (SSSR count). The number of hydrogen-bond acceptors (Lipinski definition) is 0. The molecule has 0 heteroatoms. The highest BCUT2D eigenvalue weighted by Gasteiger charge is 2.49. The summed E-state index contributed by atoms with van der Waals surface area (Å²) in [4.78, 5) is 0. The fourth-order valence-corrected chi connectivity index (χ4v) is 4.60. The Morgan fingerprint density at radius 2 is 0.444 bits per heavy atom. The van der Waals surface area contributed by atoms with E-state index in [1.165, 1.54) is 0 Å². The summed E-state index contributed by atoms with van der Waals surface area (Å²) in [5.41, 5.74) is 1.35. The Bertz CT molecular complexity index is 198. The van der Waals surface area contributed by atoms with Crippen LogP contribution in [0.2, 0.25) is 0 Å². The standard InChI is InChI=1S/C18H38/c1-15(2,3)13(16(4,5)6)14(17(7,8)9)18(10,11)12/h13-14H,1-12H3. The molecule has 0 saturated carbocycles. The molecule has 110 valence electrons. The van der Waals surface area contributed by atoms with Crippen LogP contribution < -0.4 is 0 Å². The van der Waals surface area contributed by atoms with Gasteiger partial charge < -0.3 is 0 Å². The Morgan fingerprint density at radius 3 is 0.500 bits per heavy atom. The van der Waals surface area contributed by atoms with Gasteiger partial charge in [-0.15, -0.1) is 0 Å². The minimum atomic E-state index is 0.337. The molecular weight excluding hydrogens is 216 g/mol. The molecule has 0 aromatic rings. The highest BCUT2D eigenvalue weighted by molar-refractivity contribution is 4.97. The van der Waals surface area contributed by atoms with Crippen LogP contribution in [0.25, 0.3) is 0 Å². The van der Waals surface area contributed by atoms with Crippen LogP contribution in [-0.4, -0.2) is 0 Å². The second kappa shape index (κ2) is 4.84. The second-order valence-corrected chi connectivity index (χ2v) is 10.4. The first-order valence-corrected chi connectivity index (χ1v) is 7.49. The maximum atomic E-state index is 2.41. The molecule has 0 nitrogen and oxygen atoms in total. The van der Waals surface area contributed by atoms with E-state index in [1.807, 2.05) is 0 Å². The van der Waals surface area contributed by atoms with E-state index in [1.54, 1.807) is 0 Å². The Labute approximate surface area is 117 Å². The van der Waals surface area contributed by atoms with Crippen molar-refractivity contribution in [1.29, 1.82) is 0 Å². The smallest absolute Gasteiger partial charge is 0.0278 e. The van der Waals surface area contributed by atoms with E-state index in [4.69, 9.17) is 0 Å². The first-order valence-electron chi connectivity index (χ1n) is 7.49. The summed E-state index contributed by atoms with van der Waals surface area (Å²) >= 11 is 0. The van der Waals surface area contributed by atoms with Gasteiger partial charge in [0.1, 0.15) is 0 Å². The molecular formula is C18H38. The fourth-order valence-electron chi connectivity index (χ4n) is 4.60. The van der Waals surface area contributed by atoms with E-state index in [2.05, 4.69) is 83.1 Å². The van der Waals surface area contributed by atoms with Crippen LogP contribution in [0.15, 0.2) is 0 Å². The minimum Gasteiger partial charge on any atom is -0.0599 e. The molecule has 0 spiro atoms. The summed E-state index contributed by atoms with van der Waals surface area (Å²) in [6.45, 7) is 28.9. The van der Waals surface area contributed by atoms with Crippen molar-refractivity contribution in [1.82, 2.24) is 0 Å². The third kappa shape index (κ3) is 4.59. The average Bonchev–Trinajstić information content (AvgIpc) is 1.89. The summed E-state index contributed by atoms with van der Waals surface area (Å²) in [7, 11) is 0. The van der Waals surface area contributed by atoms with Gasteiger partial charge >= 0.3 is 0 Å². The second-order valence-electron chi connectivity index (χ2n) is 10.4. The Morgan fingerprint density at radius 1 is 0.333 bits per heavy atom. The largest absolute Gasteiger partial charge is 0.0599 e. The van der Waals surface area contributed by atoms with Crippen molar-refractivity contribution in [2.45, 2.75) is 83.1 Å². The lowest BCUT2D eigenvalue weighted by Gasteiger charge is -2.55. The van der Waals surface area contributed by atoms with E-state index < -0.39 is 0 Å². The molecule has 18 heavy (non-hydrogen) atoms. The Kier molecular flexibility index (Phi) is 4.84. The lowest BCUT2D eigenvalue weighted by molar-refractivity contribution is -0.0658. The van der Waals surface area contributed by atoms with Crippen LogP contribution in [0.3, 0.4) is 0 Å². The normalized spacial score (nSPS) is 15.7. The predicted octanol–water partition coefficient (Wildman–Crippen LogP) is 6.40. The van der Waals surface area contributed by atoms with Gasteiger partial charge in [0.25, 0.3) is 0 Å². The minimum absolute atomic E-state index is 0.337. The van der Waals surface area contributed by atoms with Crippen molar-refractivity contribution in [2.24, 2.45) is 33.5 Å². The first kappa shape index (κ1) is 18.0. The lowest BCUT2D eigenvalue weighted by atomic mass is 9.50. The van der Waals surface area contributed by atoms with Gasteiger partial charge in [0.2, 0.25) is 0 Å². The molecule has 0 radical (unpaired) electrons. The quantitative estimate of drug-likeness (QED) is 0.507. The molecule has 0 unspecified atom stereocenters. The molecule has 0 aromatic heterocycles. The molecule has 0 aromatic carbocycles. The van der Waals surface area contributed by atoms with E-state index in [0.29, 0.717) is 33.5 Å². The zero-order valence-corrected chi connectivity index (χ0v) is 15.2. The molecule has 0 aliphatic rings. The Hall–Kier alpha value is 0. The number of hydrogen-bond donors (Lipinski definition) is 0.